The summed E-state index contributed by atoms with van der Waals surface area (Å²) < 4.78 is 20.0. The predicted octanol–water partition coefficient (Wildman–Crippen LogP) is 4.75. The second kappa shape index (κ2) is 5.80. The van der Waals surface area contributed by atoms with Crippen LogP contribution < -0.4 is 4.74 Å². The molecule has 0 amide bonds. The third-order valence-electron chi connectivity index (χ3n) is 2.56. The maximum absolute atomic E-state index is 14.0. The summed E-state index contributed by atoms with van der Waals surface area (Å²) in [7, 11) is 0. The zero-order valence-corrected chi connectivity index (χ0v) is 12.5. The Morgan fingerprint density at radius 2 is 2.22 bits per heavy atom. The molecule has 2 aromatic rings. The van der Waals surface area contributed by atoms with Crippen molar-refractivity contribution in [2.45, 2.75) is 26.4 Å². The highest BCUT2D eigenvalue weighted by Gasteiger charge is 2.14. The van der Waals surface area contributed by atoms with Crippen LogP contribution in [0, 0.1) is 5.82 Å². The topological polar surface area (TPSA) is 22.1 Å². The van der Waals surface area contributed by atoms with Crippen molar-refractivity contribution in [1.29, 1.82) is 0 Å². The predicted molar refractivity (Wildman–Crippen MR) is 74.6 cm³/mol. The molecule has 1 aromatic carbocycles. The van der Waals surface area contributed by atoms with Crippen molar-refractivity contribution in [3.63, 3.8) is 0 Å². The summed E-state index contributed by atoms with van der Waals surface area (Å²) in [5.74, 6) is 0.402. The number of aromatic nitrogens is 1. The number of hydrogen-bond acceptors (Lipinski definition) is 3. The quantitative estimate of drug-likeness (QED) is 0.807. The van der Waals surface area contributed by atoms with Gasteiger partial charge in [0.1, 0.15) is 18.2 Å². The number of thiazole rings is 1. The molecular weight excluding hydrogens is 317 g/mol. The van der Waals surface area contributed by atoms with Crippen LogP contribution in [0.15, 0.2) is 27.5 Å². The molecule has 0 spiro atoms. The highest BCUT2D eigenvalue weighted by atomic mass is 79.9. The molecule has 1 heterocycles. The lowest BCUT2D eigenvalue weighted by molar-refractivity contribution is 0.298. The van der Waals surface area contributed by atoms with E-state index in [1.54, 1.807) is 17.6 Å². The van der Waals surface area contributed by atoms with Gasteiger partial charge in [-0.25, -0.2) is 9.37 Å². The Balaban J connectivity index is 2.17. The zero-order valence-electron chi connectivity index (χ0n) is 10.1. The number of hydrogen-bond donors (Lipinski definition) is 0. The fourth-order valence-corrected chi connectivity index (χ4v) is 2.58. The standard InChI is InChI=1S/C13H13BrFNOS/c1-8(2)10-3-4-11(12(14)13(10)15)17-5-9-6-18-7-16-9/h3-4,6-8H,5H2,1-2H3. The van der Waals surface area contributed by atoms with Gasteiger partial charge in [0.25, 0.3) is 0 Å². The zero-order chi connectivity index (χ0) is 13.1. The summed E-state index contributed by atoms with van der Waals surface area (Å²) in [6.07, 6.45) is 0. The van der Waals surface area contributed by atoms with Gasteiger partial charge < -0.3 is 4.74 Å². The van der Waals surface area contributed by atoms with Gasteiger partial charge in [-0.15, -0.1) is 11.3 Å². The molecule has 0 unspecified atom stereocenters. The highest BCUT2D eigenvalue weighted by molar-refractivity contribution is 9.10. The van der Waals surface area contributed by atoms with Crippen molar-refractivity contribution in [3.8, 4) is 5.75 Å². The maximum atomic E-state index is 14.0. The Hall–Kier alpha value is -0.940. The highest BCUT2D eigenvalue weighted by Crippen LogP contribution is 2.33. The molecule has 2 nitrogen and oxygen atoms in total. The molecule has 1 aromatic heterocycles. The van der Waals surface area contributed by atoms with E-state index in [0.29, 0.717) is 22.4 Å². The van der Waals surface area contributed by atoms with Crippen LogP contribution in [0.25, 0.3) is 0 Å². The van der Waals surface area contributed by atoms with Gasteiger partial charge in [-0.3, -0.25) is 0 Å². The molecule has 0 aliphatic rings. The molecule has 5 heteroatoms. The van der Waals surface area contributed by atoms with Gasteiger partial charge in [-0.2, -0.15) is 0 Å². The number of ether oxygens (including phenoxy) is 1. The normalized spacial score (nSPS) is 10.9. The lowest BCUT2D eigenvalue weighted by atomic mass is 10.0. The van der Waals surface area contributed by atoms with Crippen LogP contribution in [0.4, 0.5) is 4.39 Å². The van der Waals surface area contributed by atoms with Crippen LogP contribution in [-0.4, -0.2) is 4.98 Å². The van der Waals surface area contributed by atoms with Gasteiger partial charge in [-0.1, -0.05) is 19.9 Å². The molecule has 96 valence electrons. The van der Waals surface area contributed by atoms with E-state index < -0.39 is 0 Å². The minimum Gasteiger partial charge on any atom is -0.486 e. The molecule has 0 aliphatic heterocycles. The summed E-state index contributed by atoms with van der Waals surface area (Å²) in [6.45, 7) is 4.27. The van der Waals surface area contributed by atoms with Gasteiger partial charge in [0, 0.05) is 5.38 Å². The Morgan fingerprint density at radius 1 is 1.44 bits per heavy atom. The van der Waals surface area contributed by atoms with E-state index in [9.17, 15) is 4.39 Å². The van der Waals surface area contributed by atoms with E-state index in [2.05, 4.69) is 20.9 Å². The second-order valence-corrected chi connectivity index (χ2v) is 5.72. The minimum atomic E-state index is -0.249. The Labute approximate surface area is 118 Å². The molecule has 0 radical (unpaired) electrons. The fraction of sp³-hybridized carbons (Fsp3) is 0.308. The van der Waals surface area contributed by atoms with Crippen molar-refractivity contribution in [2.24, 2.45) is 0 Å². The smallest absolute Gasteiger partial charge is 0.144 e. The number of halogens is 2. The van der Waals surface area contributed by atoms with E-state index in [4.69, 9.17) is 4.74 Å². The molecule has 0 atom stereocenters. The van der Waals surface area contributed by atoms with Crippen molar-refractivity contribution >= 4 is 27.3 Å². The van der Waals surface area contributed by atoms with Crippen LogP contribution in [-0.2, 0) is 6.61 Å². The van der Waals surface area contributed by atoms with Crippen LogP contribution in [0.1, 0.15) is 31.0 Å². The van der Waals surface area contributed by atoms with Crippen molar-refractivity contribution in [3.05, 3.63) is 44.6 Å². The van der Waals surface area contributed by atoms with Crippen LogP contribution in [0.2, 0.25) is 0 Å². The average molecular weight is 330 g/mol. The van der Waals surface area contributed by atoms with Gasteiger partial charge in [0.05, 0.1) is 15.7 Å². The van der Waals surface area contributed by atoms with Crippen molar-refractivity contribution in [1.82, 2.24) is 4.98 Å². The number of rotatable bonds is 4. The summed E-state index contributed by atoms with van der Waals surface area (Å²) in [5.41, 5.74) is 3.28. The van der Waals surface area contributed by atoms with E-state index >= 15 is 0 Å². The first kappa shape index (κ1) is 13.5. The van der Waals surface area contributed by atoms with Crippen LogP contribution >= 0.6 is 27.3 Å². The lowest BCUT2D eigenvalue weighted by Gasteiger charge is -2.12. The molecule has 0 N–H and O–H groups in total. The number of benzene rings is 1. The maximum Gasteiger partial charge on any atom is 0.144 e. The van der Waals surface area contributed by atoms with Gasteiger partial charge in [-0.05, 0) is 33.5 Å². The first-order valence-corrected chi connectivity index (χ1v) is 7.31. The number of nitrogens with zero attached hydrogens (tertiary/aromatic N) is 1. The summed E-state index contributed by atoms with van der Waals surface area (Å²) in [6, 6.07) is 3.55. The molecule has 0 saturated heterocycles. The lowest BCUT2D eigenvalue weighted by Crippen LogP contribution is -2.00. The molecule has 0 bridgehead atoms. The first-order valence-electron chi connectivity index (χ1n) is 5.57. The minimum absolute atomic E-state index is 0.147. The van der Waals surface area contributed by atoms with Gasteiger partial charge >= 0.3 is 0 Å². The van der Waals surface area contributed by atoms with Crippen molar-refractivity contribution < 1.29 is 9.13 Å². The monoisotopic (exact) mass is 329 g/mol. The molecule has 2 rings (SSSR count). The van der Waals surface area contributed by atoms with E-state index in [1.165, 1.54) is 11.3 Å². The Kier molecular flexibility index (Phi) is 4.35. The SMILES string of the molecule is CC(C)c1ccc(OCc2cscn2)c(Br)c1F. The van der Waals surface area contributed by atoms with E-state index in [1.807, 2.05) is 19.2 Å². The second-order valence-electron chi connectivity index (χ2n) is 4.20. The third-order valence-corrected chi connectivity index (χ3v) is 3.93. The largest absolute Gasteiger partial charge is 0.486 e. The Bertz CT molecular complexity index is 528. The fourth-order valence-electron chi connectivity index (χ4n) is 1.56. The van der Waals surface area contributed by atoms with Gasteiger partial charge in [0.15, 0.2) is 0 Å². The molecule has 18 heavy (non-hydrogen) atoms. The summed E-state index contributed by atoms with van der Waals surface area (Å²) in [4.78, 5) is 4.11. The van der Waals surface area contributed by atoms with Crippen molar-refractivity contribution in [2.75, 3.05) is 0 Å². The van der Waals surface area contributed by atoms with Gasteiger partial charge in [0.2, 0.25) is 0 Å². The molecule has 0 saturated carbocycles. The average Bonchev–Trinajstić information content (AvgIpc) is 2.83. The van der Waals surface area contributed by atoms with Crippen LogP contribution in [0.3, 0.4) is 0 Å². The van der Waals surface area contributed by atoms with Crippen LogP contribution in [0.5, 0.6) is 5.75 Å². The first-order chi connectivity index (χ1) is 8.59. The summed E-state index contributed by atoms with van der Waals surface area (Å²) in [5, 5.41) is 1.91. The summed E-state index contributed by atoms with van der Waals surface area (Å²) >= 11 is 4.76. The van der Waals surface area contributed by atoms with E-state index in [-0.39, 0.29) is 11.7 Å². The Morgan fingerprint density at radius 3 is 2.83 bits per heavy atom. The molecule has 0 aliphatic carbocycles. The molecule has 0 fully saturated rings. The molecular formula is C13H13BrFNOS. The van der Waals surface area contributed by atoms with E-state index in [0.717, 1.165) is 5.69 Å². The third kappa shape index (κ3) is 2.90.